The molecule has 0 aromatic carbocycles. The van der Waals surface area contributed by atoms with Gasteiger partial charge in [-0.2, -0.15) is 11.3 Å². The van der Waals surface area contributed by atoms with E-state index in [0.717, 1.165) is 32.6 Å². The minimum Gasteiger partial charge on any atom is -0.381 e. The van der Waals surface area contributed by atoms with Crippen LogP contribution in [0.5, 0.6) is 0 Å². The van der Waals surface area contributed by atoms with Crippen molar-refractivity contribution in [3.8, 4) is 0 Å². The van der Waals surface area contributed by atoms with Crippen molar-refractivity contribution in [2.75, 3.05) is 19.8 Å². The number of rotatable bonds is 4. The van der Waals surface area contributed by atoms with Crippen LogP contribution in [-0.2, 0) is 11.2 Å². The van der Waals surface area contributed by atoms with Gasteiger partial charge in [-0.15, -0.1) is 0 Å². The zero-order valence-electron chi connectivity index (χ0n) is 9.08. The number of aryl methyl sites for hydroxylation is 1. The van der Waals surface area contributed by atoms with Gasteiger partial charge in [0.05, 0.1) is 0 Å². The summed E-state index contributed by atoms with van der Waals surface area (Å²) in [5.74, 6) is 0. The van der Waals surface area contributed by atoms with Crippen molar-refractivity contribution >= 4 is 11.3 Å². The average Bonchev–Trinajstić information content (AvgIpc) is 2.81. The SMILES string of the molecule is NCC1(CCc2ccsc2)CCOCC1. The van der Waals surface area contributed by atoms with E-state index in [1.807, 2.05) is 0 Å². The molecule has 0 saturated carbocycles. The Balaban J connectivity index is 1.89. The third-order valence-corrected chi connectivity index (χ3v) is 4.24. The van der Waals surface area contributed by atoms with Gasteiger partial charge in [-0.25, -0.2) is 0 Å². The van der Waals surface area contributed by atoms with Crippen LogP contribution in [0.3, 0.4) is 0 Å². The number of thiophene rings is 1. The molecular formula is C12H19NOS. The highest BCUT2D eigenvalue weighted by atomic mass is 32.1. The lowest BCUT2D eigenvalue weighted by atomic mass is 9.76. The molecular weight excluding hydrogens is 206 g/mol. The molecule has 1 aliphatic heterocycles. The molecule has 1 fully saturated rings. The highest BCUT2D eigenvalue weighted by Crippen LogP contribution is 2.34. The predicted octanol–water partition coefficient (Wildman–Crippen LogP) is 2.44. The van der Waals surface area contributed by atoms with Gasteiger partial charge < -0.3 is 10.5 Å². The Bertz CT molecular complexity index is 278. The Morgan fingerprint density at radius 1 is 1.40 bits per heavy atom. The Morgan fingerprint density at radius 3 is 2.80 bits per heavy atom. The summed E-state index contributed by atoms with van der Waals surface area (Å²) in [5.41, 5.74) is 7.73. The minimum absolute atomic E-state index is 0.347. The van der Waals surface area contributed by atoms with E-state index < -0.39 is 0 Å². The van der Waals surface area contributed by atoms with Crippen LogP contribution >= 0.6 is 11.3 Å². The van der Waals surface area contributed by atoms with Crippen LogP contribution in [0.1, 0.15) is 24.8 Å². The first kappa shape index (κ1) is 11.1. The lowest BCUT2D eigenvalue weighted by Gasteiger charge is -2.36. The summed E-state index contributed by atoms with van der Waals surface area (Å²) < 4.78 is 5.41. The lowest BCUT2D eigenvalue weighted by Crippen LogP contribution is -2.37. The summed E-state index contributed by atoms with van der Waals surface area (Å²) in [5, 5.41) is 4.39. The number of ether oxygens (including phenoxy) is 1. The smallest absolute Gasteiger partial charge is 0.0471 e. The Kier molecular flexibility index (Phi) is 3.78. The molecule has 1 saturated heterocycles. The zero-order valence-corrected chi connectivity index (χ0v) is 9.89. The van der Waals surface area contributed by atoms with E-state index in [1.54, 1.807) is 11.3 Å². The van der Waals surface area contributed by atoms with Gasteiger partial charge in [0, 0.05) is 13.2 Å². The van der Waals surface area contributed by atoms with Gasteiger partial charge in [-0.05, 0) is 60.0 Å². The molecule has 84 valence electrons. The third kappa shape index (κ3) is 2.80. The summed E-state index contributed by atoms with van der Waals surface area (Å²) >= 11 is 1.78. The molecule has 3 heteroatoms. The highest BCUT2D eigenvalue weighted by Gasteiger charge is 2.30. The summed E-state index contributed by atoms with van der Waals surface area (Å²) in [7, 11) is 0. The molecule has 0 atom stereocenters. The van der Waals surface area contributed by atoms with E-state index in [4.69, 9.17) is 10.5 Å². The average molecular weight is 225 g/mol. The topological polar surface area (TPSA) is 35.2 Å². The zero-order chi connectivity index (χ0) is 10.6. The van der Waals surface area contributed by atoms with Gasteiger partial charge in [0.1, 0.15) is 0 Å². The second kappa shape index (κ2) is 5.10. The van der Waals surface area contributed by atoms with Crippen molar-refractivity contribution in [3.63, 3.8) is 0 Å². The molecule has 2 heterocycles. The summed E-state index contributed by atoms with van der Waals surface area (Å²) in [4.78, 5) is 0. The second-order valence-corrected chi connectivity index (χ2v) is 5.23. The summed E-state index contributed by atoms with van der Waals surface area (Å²) in [6.07, 6.45) is 4.64. The standard InChI is InChI=1S/C12H19NOS/c13-10-12(4-6-14-7-5-12)3-1-11-2-8-15-9-11/h2,8-9H,1,3-7,10,13H2. The van der Waals surface area contributed by atoms with E-state index in [9.17, 15) is 0 Å². The molecule has 0 radical (unpaired) electrons. The van der Waals surface area contributed by atoms with Crippen molar-refractivity contribution in [1.29, 1.82) is 0 Å². The maximum Gasteiger partial charge on any atom is 0.0471 e. The van der Waals surface area contributed by atoms with E-state index in [2.05, 4.69) is 16.8 Å². The maximum absolute atomic E-state index is 5.92. The van der Waals surface area contributed by atoms with E-state index in [1.165, 1.54) is 18.4 Å². The lowest BCUT2D eigenvalue weighted by molar-refractivity contribution is 0.0149. The molecule has 0 bridgehead atoms. The highest BCUT2D eigenvalue weighted by molar-refractivity contribution is 7.07. The Labute approximate surface area is 95.4 Å². The number of nitrogens with two attached hydrogens (primary N) is 1. The molecule has 2 N–H and O–H groups in total. The van der Waals surface area contributed by atoms with Gasteiger partial charge in [0.2, 0.25) is 0 Å². The van der Waals surface area contributed by atoms with Crippen molar-refractivity contribution in [3.05, 3.63) is 22.4 Å². The number of hydrogen-bond donors (Lipinski definition) is 1. The fourth-order valence-corrected chi connectivity index (χ4v) is 2.91. The first-order valence-electron chi connectivity index (χ1n) is 5.64. The molecule has 1 aromatic heterocycles. The summed E-state index contributed by atoms with van der Waals surface area (Å²) in [6, 6.07) is 2.22. The van der Waals surface area contributed by atoms with Crippen molar-refractivity contribution in [1.82, 2.24) is 0 Å². The van der Waals surface area contributed by atoms with Crippen LogP contribution < -0.4 is 5.73 Å². The minimum atomic E-state index is 0.347. The Hall–Kier alpha value is -0.380. The van der Waals surface area contributed by atoms with Crippen molar-refractivity contribution in [2.24, 2.45) is 11.1 Å². The van der Waals surface area contributed by atoms with E-state index in [-0.39, 0.29) is 0 Å². The van der Waals surface area contributed by atoms with Gasteiger partial charge in [-0.3, -0.25) is 0 Å². The van der Waals surface area contributed by atoms with Crippen molar-refractivity contribution < 1.29 is 4.74 Å². The predicted molar refractivity (Wildman–Crippen MR) is 64.2 cm³/mol. The van der Waals surface area contributed by atoms with E-state index >= 15 is 0 Å². The van der Waals surface area contributed by atoms with Gasteiger partial charge in [-0.1, -0.05) is 0 Å². The third-order valence-electron chi connectivity index (χ3n) is 3.51. The second-order valence-electron chi connectivity index (χ2n) is 4.45. The first-order chi connectivity index (χ1) is 7.35. The fraction of sp³-hybridized carbons (Fsp3) is 0.667. The first-order valence-corrected chi connectivity index (χ1v) is 6.58. The summed E-state index contributed by atoms with van der Waals surface area (Å²) in [6.45, 7) is 2.59. The van der Waals surface area contributed by atoms with Crippen LogP contribution in [0.4, 0.5) is 0 Å². The molecule has 2 nitrogen and oxygen atoms in total. The Morgan fingerprint density at radius 2 is 2.20 bits per heavy atom. The largest absolute Gasteiger partial charge is 0.381 e. The molecule has 0 unspecified atom stereocenters. The van der Waals surface area contributed by atoms with Crippen LogP contribution in [-0.4, -0.2) is 19.8 Å². The van der Waals surface area contributed by atoms with Gasteiger partial charge in [0.25, 0.3) is 0 Å². The molecule has 1 aromatic rings. The van der Waals surface area contributed by atoms with Gasteiger partial charge in [0.15, 0.2) is 0 Å². The van der Waals surface area contributed by atoms with Crippen LogP contribution in [0.15, 0.2) is 16.8 Å². The fourth-order valence-electron chi connectivity index (χ4n) is 2.21. The quantitative estimate of drug-likeness (QED) is 0.854. The van der Waals surface area contributed by atoms with Gasteiger partial charge >= 0.3 is 0 Å². The molecule has 15 heavy (non-hydrogen) atoms. The molecule has 0 aliphatic carbocycles. The van der Waals surface area contributed by atoms with Crippen LogP contribution in [0.2, 0.25) is 0 Å². The maximum atomic E-state index is 5.92. The molecule has 0 spiro atoms. The van der Waals surface area contributed by atoms with Crippen LogP contribution in [0, 0.1) is 5.41 Å². The molecule has 2 rings (SSSR count). The van der Waals surface area contributed by atoms with E-state index in [0.29, 0.717) is 5.41 Å². The normalized spacial score (nSPS) is 20.3. The monoisotopic (exact) mass is 225 g/mol. The molecule has 0 amide bonds. The van der Waals surface area contributed by atoms with Crippen LogP contribution in [0.25, 0.3) is 0 Å². The molecule has 1 aliphatic rings. The van der Waals surface area contributed by atoms with Crippen molar-refractivity contribution in [2.45, 2.75) is 25.7 Å². The number of hydrogen-bond acceptors (Lipinski definition) is 3.